The first-order valence-corrected chi connectivity index (χ1v) is 7.80. The lowest BCUT2D eigenvalue weighted by atomic mass is 9.98. The first-order chi connectivity index (χ1) is 9.69. The molecule has 0 fully saturated rings. The molecule has 0 bridgehead atoms. The molecule has 1 aromatic heterocycles. The van der Waals surface area contributed by atoms with Crippen molar-refractivity contribution in [3.05, 3.63) is 57.5 Å². The van der Waals surface area contributed by atoms with Crippen LogP contribution in [-0.2, 0) is 12.8 Å². The van der Waals surface area contributed by atoms with Gasteiger partial charge in [0.2, 0.25) is 0 Å². The summed E-state index contributed by atoms with van der Waals surface area (Å²) in [5.74, 6) is 5.45. The second kappa shape index (κ2) is 7.53. The number of nitrogens with two attached hydrogens (primary N) is 1. The van der Waals surface area contributed by atoms with Gasteiger partial charge in [0.15, 0.2) is 0 Å². The Morgan fingerprint density at radius 2 is 2.20 bits per heavy atom. The second-order valence-electron chi connectivity index (χ2n) is 5.11. The number of aryl methyl sites for hydroxylation is 2. The third-order valence-electron chi connectivity index (χ3n) is 3.57. The van der Waals surface area contributed by atoms with E-state index in [1.165, 1.54) is 10.9 Å². The van der Waals surface area contributed by atoms with Gasteiger partial charge in [0.05, 0.1) is 0 Å². The van der Waals surface area contributed by atoms with Gasteiger partial charge in [0, 0.05) is 10.9 Å². The van der Waals surface area contributed by atoms with E-state index >= 15 is 0 Å². The lowest BCUT2D eigenvalue weighted by Crippen LogP contribution is -2.37. The predicted molar refractivity (Wildman–Crippen MR) is 83.2 cm³/mol. The summed E-state index contributed by atoms with van der Waals surface area (Å²) in [6.45, 7) is 2.01. The Bertz CT molecular complexity index is 525. The Hall–Kier alpha value is -1.23. The van der Waals surface area contributed by atoms with Gasteiger partial charge in [0.1, 0.15) is 5.82 Å². The third kappa shape index (κ3) is 4.40. The predicted octanol–water partition coefficient (Wildman–Crippen LogP) is 3.59. The zero-order chi connectivity index (χ0) is 14.4. The zero-order valence-electron chi connectivity index (χ0n) is 11.7. The van der Waals surface area contributed by atoms with Crippen molar-refractivity contribution in [3.8, 4) is 0 Å². The number of nitrogens with one attached hydrogen (secondary N) is 1. The number of thiophene rings is 1. The highest BCUT2D eigenvalue weighted by atomic mass is 32.1. The highest BCUT2D eigenvalue weighted by Gasteiger charge is 2.10. The molecule has 1 unspecified atom stereocenters. The Labute approximate surface area is 123 Å². The van der Waals surface area contributed by atoms with Gasteiger partial charge in [-0.15, -0.1) is 11.3 Å². The van der Waals surface area contributed by atoms with Crippen molar-refractivity contribution in [2.45, 2.75) is 38.6 Å². The summed E-state index contributed by atoms with van der Waals surface area (Å²) >= 11 is 1.79. The van der Waals surface area contributed by atoms with Crippen LogP contribution in [0.1, 0.15) is 28.8 Å². The standard InChI is InChI=1S/C16H21FN2S/c1-12-7-8-14(17)10-13(12)11-15(19-18)4-2-5-16-6-3-9-20-16/h3,6-10,15,19H,2,4-5,11,18H2,1H3. The molecule has 0 amide bonds. The van der Waals surface area contributed by atoms with Gasteiger partial charge in [-0.2, -0.15) is 0 Å². The van der Waals surface area contributed by atoms with E-state index in [0.717, 1.165) is 36.8 Å². The molecule has 1 atom stereocenters. The summed E-state index contributed by atoms with van der Waals surface area (Å²) in [4.78, 5) is 1.41. The van der Waals surface area contributed by atoms with Gasteiger partial charge in [-0.05, 0) is 67.3 Å². The van der Waals surface area contributed by atoms with E-state index in [1.54, 1.807) is 17.4 Å². The molecule has 3 N–H and O–H groups in total. The molecule has 1 heterocycles. The van der Waals surface area contributed by atoms with Crippen molar-refractivity contribution in [2.24, 2.45) is 5.84 Å². The van der Waals surface area contributed by atoms with Crippen LogP contribution in [0.5, 0.6) is 0 Å². The van der Waals surface area contributed by atoms with Crippen molar-refractivity contribution in [2.75, 3.05) is 0 Å². The maximum atomic E-state index is 13.3. The number of hydrogen-bond acceptors (Lipinski definition) is 3. The van der Waals surface area contributed by atoms with Crippen LogP contribution >= 0.6 is 11.3 Å². The van der Waals surface area contributed by atoms with Crippen LogP contribution in [0, 0.1) is 12.7 Å². The summed E-state index contributed by atoms with van der Waals surface area (Å²) in [6.07, 6.45) is 3.93. The summed E-state index contributed by atoms with van der Waals surface area (Å²) in [5, 5.41) is 2.10. The quantitative estimate of drug-likeness (QED) is 0.604. The molecule has 0 spiro atoms. The van der Waals surface area contributed by atoms with Gasteiger partial charge in [-0.25, -0.2) is 4.39 Å². The van der Waals surface area contributed by atoms with E-state index < -0.39 is 0 Å². The van der Waals surface area contributed by atoms with Crippen LogP contribution < -0.4 is 11.3 Å². The van der Waals surface area contributed by atoms with Crippen molar-refractivity contribution < 1.29 is 4.39 Å². The van der Waals surface area contributed by atoms with Crippen LogP contribution in [-0.4, -0.2) is 6.04 Å². The van der Waals surface area contributed by atoms with Crippen LogP contribution in [0.4, 0.5) is 4.39 Å². The van der Waals surface area contributed by atoms with Crippen LogP contribution in [0.3, 0.4) is 0 Å². The molecule has 20 heavy (non-hydrogen) atoms. The Kier molecular flexibility index (Phi) is 5.71. The van der Waals surface area contributed by atoms with E-state index in [4.69, 9.17) is 5.84 Å². The summed E-state index contributed by atoms with van der Waals surface area (Å²) in [6, 6.07) is 9.36. The molecule has 4 heteroatoms. The van der Waals surface area contributed by atoms with E-state index in [-0.39, 0.29) is 11.9 Å². The molecule has 108 valence electrons. The monoisotopic (exact) mass is 292 g/mol. The molecule has 0 aliphatic carbocycles. The SMILES string of the molecule is Cc1ccc(F)cc1CC(CCCc1cccs1)NN. The Morgan fingerprint density at radius 1 is 1.35 bits per heavy atom. The van der Waals surface area contributed by atoms with E-state index in [2.05, 4.69) is 22.9 Å². The fraction of sp³-hybridized carbons (Fsp3) is 0.375. The molecule has 0 saturated carbocycles. The molecular formula is C16H21FN2S. The maximum Gasteiger partial charge on any atom is 0.123 e. The lowest BCUT2D eigenvalue weighted by molar-refractivity contribution is 0.475. The normalized spacial score (nSPS) is 12.6. The van der Waals surface area contributed by atoms with Crippen LogP contribution in [0.15, 0.2) is 35.7 Å². The molecule has 1 aromatic carbocycles. The number of benzene rings is 1. The number of hydrogen-bond donors (Lipinski definition) is 2. The fourth-order valence-electron chi connectivity index (χ4n) is 2.35. The number of rotatable bonds is 7. The average molecular weight is 292 g/mol. The van der Waals surface area contributed by atoms with Gasteiger partial charge >= 0.3 is 0 Å². The smallest absolute Gasteiger partial charge is 0.123 e. The van der Waals surface area contributed by atoms with Crippen molar-refractivity contribution >= 4 is 11.3 Å². The second-order valence-corrected chi connectivity index (χ2v) is 6.14. The van der Waals surface area contributed by atoms with Crippen LogP contribution in [0.25, 0.3) is 0 Å². The van der Waals surface area contributed by atoms with E-state index in [9.17, 15) is 4.39 Å². The van der Waals surface area contributed by atoms with Crippen molar-refractivity contribution in [3.63, 3.8) is 0 Å². The fourth-order valence-corrected chi connectivity index (χ4v) is 3.10. The lowest BCUT2D eigenvalue weighted by Gasteiger charge is -2.17. The highest BCUT2D eigenvalue weighted by Crippen LogP contribution is 2.16. The molecule has 0 saturated heterocycles. The minimum atomic E-state index is -0.181. The minimum absolute atomic E-state index is 0.181. The number of halogens is 1. The van der Waals surface area contributed by atoms with Crippen molar-refractivity contribution in [1.29, 1.82) is 0 Å². The first kappa shape index (κ1) is 15.2. The highest BCUT2D eigenvalue weighted by molar-refractivity contribution is 7.09. The Balaban J connectivity index is 1.86. The summed E-state index contributed by atoms with van der Waals surface area (Å²) in [7, 11) is 0. The topological polar surface area (TPSA) is 38.0 Å². The molecular weight excluding hydrogens is 271 g/mol. The molecule has 0 aliphatic rings. The van der Waals surface area contributed by atoms with Gasteiger partial charge in [-0.3, -0.25) is 11.3 Å². The molecule has 2 nitrogen and oxygen atoms in total. The minimum Gasteiger partial charge on any atom is -0.271 e. The van der Waals surface area contributed by atoms with Crippen LogP contribution in [0.2, 0.25) is 0 Å². The zero-order valence-corrected chi connectivity index (χ0v) is 12.5. The summed E-state index contributed by atoms with van der Waals surface area (Å²) in [5.41, 5.74) is 5.01. The summed E-state index contributed by atoms with van der Waals surface area (Å²) < 4.78 is 13.3. The molecule has 2 aromatic rings. The Morgan fingerprint density at radius 3 is 2.90 bits per heavy atom. The third-order valence-corrected chi connectivity index (χ3v) is 4.51. The van der Waals surface area contributed by atoms with Gasteiger partial charge in [0.25, 0.3) is 0 Å². The van der Waals surface area contributed by atoms with Gasteiger partial charge < -0.3 is 0 Å². The molecule has 0 aliphatic heterocycles. The van der Waals surface area contributed by atoms with E-state index in [0.29, 0.717) is 0 Å². The van der Waals surface area contributed by atoms with E-state index in [1.807, 2.05) is 13.0 Å². The first-order valence-electron chi connectivity index (χ1n) is 6.92. The number of hydrazine groups is 1. The maximum absolute atomic E-state index is 13.3. The van der Waals surface area contributed by atoms with Crippen molar-refractivity contribution in [1.82, 2.24) is 5.43 Å². The average Bonchev–Trinajstić information content (AvgIpc) is 2.94. The largest absolute Gasteiger partial charge is 0.271 e. The molecule has 2 rings (SSSR count). The van der Waals surface area contributed by atoms with Gasteiger partial charge in [-0.1, -0.05) is 12.1 Å². The molecule has 0 radical (unpaired) electrons.